The Hall–Kier alpha value is -3.75. The zero-order valence-corrected chi connectivity index (χ0v) is 23.2. The summed E-state index contributed by atoms with van der Waals surface area (Å²) in [5.74, 6) is -0.983. The number of phenolic OH excluding ortho intramolecular Hbond substituents is 2. The first-order valence-corrected chi connectivity index (χ1v) is 13.0. The molecule has 0 saturated carbocycles. The van der Waals surface area contributed by atoms with E-state index in [1.54, 1.807) is 58.0 Å². The van der Waals surface area contributed by atoms with E-state index >= 15 is 0 Å². The van der Waals surface area contributed by atoms with Crippen LogP contribution in [0.25, 0.3) is 0 Å². The van der Waals surface area contributed by atoms with Crippen molar-refractivity contribution in [1.82, 2.24) is 15.5 Å². The lowest BCUT2D eigenvalue weighted by Gasteiger charge is -2.34. The number of phenols is 2. The van der Waals surface area contributed by atoms with Crippen molar-refractivity contribution in [3.63, 3.8) is 0 Å². The molecule has 4 N–H and O–H groups in total. The number of aromatic hydroxyl groups is 2. The molecule has 3 amide bonds. The Balaban J connectivity index is 2.49. The number of hydrogen-bond donors (Lipinski definition) is 4. The third kappa shape index (κ3) is 8.97. The molecule has 0 aliphatic rings. The summed E-state index contributed by atoms with van der Waals surface area (Å²) in [6.45, 7) is 10.9. The van der Waals surface area contributed by atoms with Crippen LogP contribution in [-0.2, 0) is 20.7 Å². The molecule has 0 aromatic heterocycles. The number of ether oxygens (including phenoxy) is 1. The van der Waals surface area contributed by atoms with Crippen LogP contribution in [0.15, 0.2) is 48.5 Å². The fourth-order valence-corrected chi connectivity index (χ4v) is 4.18. The van der Waals surface area contributed by atoms with Crippen molar-refractivity contribution >= 4 is 17.9 Å². The second-order valence-electron chi connectivity index (χ2n) is 10.4. The molecule has 0 bridgehead atoms. The van der Waals surface area contributed by atoms with Crippen molar-refractivity contribution in [2.45, 2.75) is 84.5 Å². The van der Waals surface area contributed by atoms with E-state index in [1.165, 1.54) is 23.1 Å². The molecule has 9 heteroatoms. The molecule has 0 saturated heterocycles. The number of nitrogens with zero attached hydrogens (tertiary/aromatic N) is 1. The number of alkyl carbamates (subject to hydrolysis) is 1. The van der Waals surface area contributed by atoms with Gasteiger partial charge in [0.15, 0.2) is 0 Å². The number of likely N-dealkylation sites (N-methyl/N-ethyl adjacent to an activating group) is 1. The lowest BCUT2D eigenvalue weighted by molar-refractivity contribution is -0.142. The first-order chi connectivity index (χ1) is 17.9. The lowest BCUT2D eigenvalue weighted by Crippen LogP contribution is -2.54. The quantitative estimate of drug-likeness (QED) is 0.342. The molecule has 0 radical (unpaired) electrons. The molecule has 0 spiro atoms. The van der Waals surface area contributed by atoms with E-state index in [9.17, 15) is 24.6 Å². The van der Waals surface area contributed by atoms with E-state index in [0.717, 1.165) is 12.8 Å². The van der Waals surface area contributed by atoms with Gasteiger partial charge < -0.3 is 30.5 Å². The summed E-state index contributed by atoms with van der Waals surface area (Å²) in [5.41, 5.74) is 0.187. The zero-order chi connectivity index (χ0) is 28.5. The standard InChI is InChI=1S/C29H41N3O6/c1-7-11-19(3)30-26(35)25(22-12-9-10-13-24(22)34)32(8-2)27(36)23(31-28(37)38-29(4,5)6)18-20-14-16-21(33)17-15-20/h9-10,12-17,19,23,25,33-34H,7-8,11,18H2,1-6H3,(H,30,35)(H,31,37). The molecular formula is C29H41N3O6. The summed E-state index contributed by atoms with van der Waals surface area (Å²) in [4.78, 5) is 41.7. The number of rotatable bonds is 11. The highest BCUT2D eigenvalue weighted by molar-refractivity contribution is 5.92. The van der Waals surface area contributed by atoms with Crippen molar-refractivity contribution < 1.29 is 29.3 Å². The molecule has 0 aliphatic heterocycles. The van der Waals surface area contributed by atoms with E-state index in [1.807, 2.05) is 13.8 Å². The Morgan fingerprint density at radius 2 is 1.61 bits per heavy atom. The molecule has 9 nitrogen and oxygen atoms in total. The smallest absolute Gasteiger partial charge is 0.408 e. The van der Waals surface area contributed by atoms with Gasteiger partial charge in [-0.15, -0.1) is 0 Å². The summed E-state index contributed by atoms with van der Waals surface area (Å²) in [7, 11) is 0. The Labute approximate surface area is 225 Å². The van der Waals surface area contributed by atoms with E-state index in [-0.39, 0.29) is 36.1 Å². The average Bonchev–Trinajstić information content (AvgIpc) is 2.82. The van der Waals surface area contributed by atoms with Crippen molar-refractivity contribution in [2.24, 2.45) is 0 Å². The van der Waals surface area contributed by atoms with Gasteiger partial charge in [-0.1, -0.05) is 43.7 Å². The van der Waals surface area contributed by atoms with Gasteiger partial charge in [0.25, 0.3) is 0 Å². The number of benzene rings is 2. The molecule has 3 atom stereocenters. The molecule has 38 heavy (non-hydrogen) atoms. The highest BCUT2D eigenvalue weighted by Gasteiger charge is 2.37. The Morgan fingerprint density at radius 3 is 2.16 bits per heavy atom. The van der Waals surface area contributed by atoms with Gasteiger partial charge in [0.2, 0.25) is 11.8 Å². The second kappa shape index (κ2) is 13.7. The number of para-hydroxylation sites is 1. The van der Waals surface area contributed by atoms with Crippen LogP contribution >= 0.6 is 0 Å². The van der Waals surface area contributed by atoms with Crippen molar-refractivity contribution in [3.05, 3.63) is 59.7 Å². The number of hydrogen-bond acceptors (Lipinski definition) is 6. The van der Waals surface area contributed by atoms with Gasteiger partial charge in [0.1, 0.15) is 29.2 Å². The van der Waals surface area contributed by atoms with Crippen LogP contribution in [0.3, 0.4) is 0 Å². The summed E-state index contributed by atoms with van der Waals surface area (Å²) < 4.78 is 5.40. The normalized spacial score (nSPS) is 13.6. The molecule has 3 unspecified atom stereocenters. The molecule has 0 aliphatic carbocycles. The van der Waals surface area contributed by atoms with Crippen LogP contribution in [0.1, 0.15) is 71.6 Å². The number of carbonyl (C=O) groups excluding carboxylic acids is 3. The van der Waals surface area contributed by atoms with Crippen LogP contribution < -0.4 is 10.6 Å². The molecule has 2 aromatic carbocycles. The number of nitrogens with one attached hydrogen (secondary N) is 2. The first kappa shape index (κ1) is 30.5. The van der Waals surface area contributed by atoms with Crippen LogP contribution in [0, 0.1) is 0 Å². The maximum absolute atomic E-state index is 14.0. The van der Waals surface area contributed by atoms with Crippen LogP contribution in [-0.4, -0.2) is 57.3 Å². The molecule has 0 fully saturated rings. The van der Waals surface area contributed by atoms with Gasteiger partial charge in [0, 0.05) is 24.6 Å². The molecular weight excluding hydrogens is 486 g/mol. The third-order valence-corrected chi connectivity index (χ3v) is 5.89. The van der Waals surface area contributed by atoms with Crippen LogP contribution in [0.5, 0.6) is 11.5 Å². The predicted molar refractivity (Wildman–Crippen MR) is 146 cm³/mol. The van der Waals surface area contributed by atoms with E-state index < -0.39 is 35.6 Å². The highest BCUT2D eigenvalue weighted by Crippen LogP contribution is 2.30. The minimum Gasteiger partial charge on any atom is -0.508 e. The van der Waals surface area contributed by atoms with Crippen molar-refractivity contribution in [2.75, 3.05) is 6.54 Å². The minimum atomic E-state index is -1.13. The first-order valence-electron chi connectivity index (χ1n) is 13.0. The minimum absolute atomic E-state index is 0.0735. The van der Waals surface area contributed by atoms with Crippen LogP contribution in [0.2, 0.25) is 0 Å². The fourth-order valence-electron chi connectivity index (χ4n) is 4.18. The zero-order valence-electron chi connectivity index (χ0n) is 23.2. The average molecular weight is 528 g/mol. The summed E-state index contributed by atoms with van der Waals surface area (Å²) in [6, 6.07) is 10.4. The maximum Gasteiger partial charge on any atom is 0.408 e. The maximum atomic E-state index is 14.0. The summed E-state index contributed by atoms with van der Waals surface area (Å²) in [5, 5.41) is 25.9. The topological polar surface area (TPSA) is 128 Å². The number of carbonyl (C=O) groups is 3. The Kier molecular flexibility index (Phi) is 11.0. The Bertz CT molecular complexity index is 1080. The molecule has 2 rings (SSSR count). The van der Waals surface area contributed by atoms with Crippen molar-refractivity contribution in [3.8, 4) is 11.5 Å². The SMILES string of the molecule is CCCC(C)NC(=O)C(c1ccccc1O)N(CC)C(=O)C(Cc1ccc(O)cc1)NC(=O)OC(C)(C)C. The van der Waals surface area contributed by atoms with Gasteiger partial charge in [-0.25, -0.2) is 4.79 Å². The van der Waals surface area contributed by atoms with Gasteiger partial charge >= 0.3 is 6.09 Å². The fraction of sp³-hybridized carbons (Fsp3) is 0.483. The molecule has 2 aromatic rings. The largest absolute Gasteiger partial charge is 0.508 e. The molecule has 0 heterocycles. The Morgan fingerprint density at radius 1 is 0.974 bits per heavy atom. The predicted octanol–water partition coefficient (Wildman–Crippen LogP) is 4.43. The summed E-state index contributed by atoms with van der Waals surface area (Å²) in [6.07, 6.45) is 0.943. The van der Waals surface area contributed by atoms with Crippen LogP contribution in [0.4, 0.5) is 4.79 Å². The molecule has 208 valence electrons. The van der Waals surface area contributed by atoms with E-state index in [2.05, 4.69) is 10.6 Å². The van der Waals surface area contributed by atoms with Crippen molar-refractivity contribution in [1.29, 1.82) is 0 Å². The number of amides is 3. The highest BCUT2D eigenvalue weighted by atomic mass is 16.6. The summed E-state index contributed by atoms with van der Waals surface area (Å²) >= 11 is 0. The van der Waals surface area contributed by atoms with Gasteiger partial charge in [-0.2, -0.15) is 0 Å². The van der Waals surface area contributed by atoms with E-state index in [0.29, 0.717) is 5.56 Å². The van der Waals surface area contributed by atoms with E-state index in [4.69, 9.17) is 4.74 Å². The van der Waals surface area contributed by atoms with Gasteiger partial charge in [-0.3, -0.25) is 9.59 Å². The van der Waals surface area contributed by atoms with Gasteiger partial charge in [0.05, 0.1) is 0 Å². The van der Waals surface area contributed by atoms with Gasteiger partial charge in [-0.05, 0) is 64.8 Å². The second-order valence-corrected chi connectivity index (χ2v) is 10.4. The lowest BCUT2D eigenvalue weighted by atomic mass is 9.99. The monoisotopic (exact) mass is 527 g/mol. The third-order valence-electron chi connectivity index (χ3n) is 5.89.